The van der Waals surface area contributed by atoms with E-state index in [0.717, 1.165) is 11.3 Å². The zero-order valence-corrected chi connectivity index (χ0v) is 13.9. The maximum Gasteiger partial charge on any atom is 0.315 e. The maximum atomic E-state index is 11.8. The molecular formula is C16H26N2O2S. The Balaban J connectivity index is 2.28. The van der Waals surface area contributed by atoms with Crippen molar-refractivity contribution in [3.8, 4) is 0 Å². The number of amides is 2. The SMILES string of the molecule is CC(C)(C)SCCNC(=O)NC(CO)Cc1ccccc1. The van der Waals surface area contributed by atoms with Gasteiger partial charge in [0.2, 0.25) is 0 Å². The Morgan fingerprint density at radius 1 is 1.29 bits per heavy atom. The van der Waals surface area contributed by atoms with E-state index < -0.39 is 0 Å². The molecule has 0 aliphatic rings. The first kappa shape index (κ1) is 17.9. The molecule has 0 bridgehead atoms. The van der Waals surface area contributed by atoms with E-state index in [1.165, 1.54) is 0 Å². The van der Waals surface area contributed by atoms with Crippen LogP contribution in [0, 0.1) is 0 Å². The third-order valence-corrected chi connectivity index (χ3v) is 4.08. The largest absolute Gasteiger partial charge is 0.394 e. The van der Waals surface area contributed by atoms with Gasteiger partial charge in [-0.05, 0) is 12.0 Å². The van der Waals surface area contributed by atoms with E-state index >= 15 is 0 Å². The number of aliphatic hydroxyl groups excluding tert-OH is 1. The molecule has 1 atom stereocenters. The summed E-state index contributed by atoms with van der Waals surface area (Å²) in [7, 11) is 0. The lowest BCUT2D eigenvalue weighted by Gasteiger charge is -2.19. The number of rotatable bonds is 7. The highest BCUT2D eigenvalue weighted by Gasteiger charge is 2.13. The van der Waals surface area contributed by atoms with Crippen molar-refractivity contribution in [3.63, 3.8) is 0 Å². The van der Waals surface area contributed by atoms with Crippen molar-refractivity contribution >= 4 is 17.8 Å². The Morgan fingerprint density at radius 2 is 1.95 bits per heavy atom. The number of hydrogen-bond acceptors (Lipinski definition) is 3. The third kappa shape index (κ3) is 8.63. The first-order valence-corrected chi connectivity index (χ1v) is 8.22. The van der Waals surface area contributed by atoms with Gasteiger partial charge in [-0.15, -0.1) is 0 Å². The van der Waals surface area contributed by atoms with E-state index in [-0.39, 0.29) is 23.4 Å². The Kier molecular flexibility index (Phi) is 7.61. The second kappa shape index (κ2) is 8.95. The Labute approximate surface area is 131 Å². The molecule has 1 aromatic rings. The van der Waals surface area contributed by atoms with Crippen LogP contribution >= 0.6 is 11.8 Å². The molecule has 0 saturated carbocycles. The van der Waals surface area contributed by atoms with E-state index in [1.807, 2.05) is 42.1 Å². The summed E-state index contributed by atoms with van der Waals surface area (Å²) < 4.78 is 0.207. The van der Waals surface area contributed by atoms with Gasteiger partial charge in [0, 0.05) is 17.0 Å². The van der Waals surface area contributed by atoms with Gasteiger partial charge in [-0.3, -0.25) is 0 Å². The van der Waals surface area contributed by atoms with Crippen LogP contribution in [0.4, 0.5) is 4.79 Å². The molecule has 21 heavy (non-hydrogen) atoms. The van der Waals surface area contributed by atoms with Crippen LogP contribution in [0.3, 0.4) is 0 Å². The molecule has 0 heterocycles. The summed E-state index contributed by atoms with van der Waals surface area (Å²) in [6, 6.07) is 9.35. The van der Waals surface area contributed by atoms with Gasteiger partial charge in [-0.1, -0.05) is 51.1 Å². The van der Waals surface area contributed by atoms with Crippen LogP contribution < -0.4 is 10.6 Å². The van der Waals surface area contributed by atoms with Crippen molar-refractivity contribution in [1.82, 2.24) is 10.6 Å². The molecule has 5 heteroatoms. The van der Waals surface area contributed by atoms with Crippen LogP contribution in [-0.4, -0.2) is 40.8 Å². The van der Waals surface area contributed by atoms with E-state index in [4.69, 9.17) is 0 Å². The number of hydrogen-bond donors (Lipinski definition) is 3. The van der Waals surface area contributed by atoms with Crippen molar-refractivity contribution in [2.45, 2.75) is 38.0 Å². The van der Waals surface area contributed by atoms with E-state index in [0.29, 0.717) is 13.0 Å². The average molecular weight is 310 g/mol. The van der Waals surface area contributed by atoms with Crippen LogP contribution in [0.25, 0.3) is 0 Å². The summed E-state index contributed by atoms with van der Waals surface area (Å²) in [6.45, 7) is 7.01. The van der Waals surface area contributed by atoms with Crippen LogP contribution in [0.5, 0.6) is 0 Å². The van der Waals surface area contributed by atoms with E-state index in [2.05, 4.69) is 31.4 Å². The number of thioether (sulfide) groups is 1. The number of benzene rings is 1. The summed E-state index contributed by atoms with van der Waals surface area (Å²) in [6.07, 6.45) is 0.626. The second-order valence-electron chi connectivity index (χ2n) is 5.93. The average Bonchev–Trinajstić information content (AvgIpc) is 2.43. The molecule has 0 radical (unpaired) electrons. The summed E-state index contributed by atoms with van der Waals surface area (Å²) in [5, 5.41) is 15.0. The number of aliphatic hydroxyl groups is 1. The van der Waals surface area contributed by atoms with Crippen molar-refractivity contribution < 1.29 is 9.90 Å². The first-order chi connectivity index (χ1) is 9.90. The lowest BCUT2D eigenvalue weighted by atomic mass is 10.1. The zero-order chi connectivity index (χ0) is 15.7. The Morgan fingerprint density at radius 3 is 2.52 bits per heavy atom. The summed E-state index contributed by atoms with van der Waals surface area (Å²) >= 11 is 1.81. The van der Waals surface area contributed by atoms with Crippen molar-refractivity contribution in [2.75, 3.05) is 18.9 Å². The predicted octanol–water partition coefficient (Wildman–Crippen LogP) is 2.42. The Bertz CT molecular complexity index is 418. The van der Waals surface area contributed by atoms with Gasteiger partial charge < -0.3 is 15.7 Å². The van der Waals surface area contributed by atoms with Gasteiger partial charge in [-0.25, -0.2) is 4.79 Å². The molecule has 0 saturated heterocycles. The standard InChI is InChI=1S/C16H26N2O2S/c1-16(2,3)21-10-9-17-15(20)18-14(12-19)11-13-7-5-4-6-8-13/h4-8,14,19H,9-12H2,1-3H3,(H2,17,18,20). The first-order valence-electron chi connectivity index (χ1n) is 7.24. The van der Waals surface area contributed by atoms with Gasteiger partial charge in [0.25, 0.3) is 0 Å². The van der Waals surface area contributed by atoms with E-state index in [9.17, 15) is 9.90 Å². The van der Waals surface area contributed by atoms with E-state index in [1.54, 1.807) is 0 Å². The topological polar surface area (TPSA) is 61.4 Å². The summed E-state index contributed by atoms with van der Waals surface area (Å²) in [5.41, 5.74) is 1.10. The third-order valence-electron chi connectivity index (χ3n) is 2.80. The molecule has 1 rings (SSSR count). The number of nitrogens with one attached hydrogen (secondary N) is 2. The minimum Gasteiger partial charge on any atom is -0.394 e. The molecule has 1 unspecified atom stereocenters. The lowest BCUT2D eigenvalue weighted by molar-refractivity contribution is 0.216. The van der Waals surface area contributed by atoms with Crippen molar-refractivity contribution in [2.24, 2.45) is 0 Å². The summed E-state index contributed by atoms with van der Waals surface area (Å²) in [5.74, 6) is 0.874. The highest BCUT2D eigenvalue weighted by atomic mass is 32.2. The molecular weight excluding hydrogens is 284 g/mol. The molecule has 4 nitrogen and oxygen atoms in total. The molecule has 0 spiro atoms. The van der Waals surface area contributed by atoms with Gasteiger partial charge in [0.1, 0.15) is 0 Å². The molecule has 0 aliphatic heterocycles. The molecule has 0 aromatic heterocycles. The van der Waals surface area contributed by atoms with Crippen molar-refractivity contribution in [1.29, 1.82) is 0 Å². The predicted molar refractivity (Wildman–Crippen MR) is 89.8 cm³/mol. The summed E-state index contributed by atoms with van der Waals surface area (Å²) in [4.78, 5) is 11.8. The normalized spacial score (nSPS) is 12.8. The molecule has 1 aromatic carbocycles. The van der Waals surface area contributed by atoms with Gasteiger partial charge >= 0.3 is 6.03 Å². The number of urea groups is 1. The quantitative estimate of drug-likeness (QED) is 0.678. The number of carbonyl (C=O) groups is 1. The molecule has 0 aliphatic carbocycles. The van der Waals surface area contributed by atoms with Gasteiger partial charge in [0.05, 0.1) is 12.6 Å². The molecule has 118 valence electrons. The maximum absolute atomic E-state index is 11.8. The second-order valence-corrected chi connectivity index (χ2v) is 7.85. The van der Waals surface area contributed by atoms with Crippen LogP contribution in [0.2, 0.25) is 0 Å². The molecule has 0 fully saturated rings. The minimum atomic E-state index is -0.261. The molecule has 3 N–H and O–H groups in total. The number of carbonyl (C=O) groups excluding carboxylic acids is 1. The van der Waals surface area contributed by atoms with Gasteiger partial charge in [-0.2, -0.15) is 11.8 Å². The highest BCUT2D eigenvalue weighted by Crippen LogP contribution is 2.21. The highest BCUT2D eigenvalue weighted by molar-refractivity contribution is 8.00. The Hall–Kier alpha value is -1.20. The monoisotopic (exact) mass is 310 g/mol. The van der Waals surface area contributed by atoms with Crippen LogP contribution in [0.1, 0.15) is 26.3 Å². The fraction of sp³-hybridized carbons (Fsp3) is 0.562. The smallest absolute Gasteiger partial charge is 0.315 e. The van der Waals surface area contributed by atoms with Crippen molar-refractivity contribution in [3.05, 3.63) is 35.9 Å². The van der Waals surface area contributed by atoms with Crippen LogP contribution in [-0.2, 0) is 6.42 Å². The fourth-order valence-corrected chi connectivity index (χ4v) is 2.63. The lowest BCUT2D eigenvalue weighted by Crippen LogP contribution is -2.45. The van der Waals surface area contributed by atoms with Gasteiger partial charge in [0.15, 0.2) is 0 Å². The zero-order valence-electron chi connectivity index (χ0n) is 13.1. The van der Waals surface area contributed by atoms with Crippen LogP contribution in [0.15, 0.2) is 30.3 Å². The minimum absolute atomic E-state index is 0.0704. The molecule has 2 amide bonds. The fourth-order valence-electron chi connectivity index (χ4n) is 1.82.